The first-order chi connectivity index (χ1) is 24.7. The summed E-state index contributed by atoms with van der Waals surface area (Å²) in [6, 6.07) is -0.0331. The molecular weight excluding hydrogens is 857 g/mol. The lowest BCUT2D eigenvalue weighted by molar-refractivity contribution is -0.458. The van der Waals surface area contributed by atoms with Crippen LogP contribution in [0.15, 0.2) is 0 Å². The highest BCUT2D eigenvalue weighted by atomic mass is 32.2. The Balaban J connectivity index is 6.13. The number of likely N-dealkylation sites (N-methyl/N-ethyl adjacent to an activating group) is 1. The van der Waals surface area contributed by atoms with Crippen LogP contribution in [0.3, 0.4) is 0 Å². The van der Waals surface area contributed by atoms with Crippen LogP contribution in [-0.4, -0.2) is 167 Å². The highest BCUT2D eigenvalue weighted by Crippen LogP contribution is 2.64. The van der Waals surface area contributed by atoms with Gasteiger partial charge in [-0.2, -0.15) is 78.9 Å². The van der Waals surface area contributed by atoms with Gasteiger partial charge < -0.3 is 37.3 Å². The molecule has 30 heteroatoms. The zero-order chi connectivity index (χ0) is 43.6. The average molecular weight is 896 g/mol. The third-order valence-corrected chi connectivity index (χ3v) is 11.9. The summed E-state index contributed by atoms with van der Waals surface area (Å²) in [5, 5.41) is 2.37. The number of aliphatic hydroxyl groups is 1. The number of methoxy groups -OCH3 is 3. The predicted molar refractivity (Wildman–Crippen MR) is 152 cm³/mol. The van der Waals surface area contributed by atoms with E-state index in [1.165, 1.54) is 21.3 Å². The Morgan fingerprint density at radius 1 is 0.582 bits per heavy atom. The lowest BCUT2D eigenvalue weighted by Gasteiger charge is -2.43. The van der Waals surface area contributed by atoms with E-state index in [4.69, 9.17) is 32.2 Å². The fourth-order valence-electron chi connectivity index (χ4n) is 3.95. The number of halogens is 17. The maximum atomic E-state index is 14.7. The molecule has 0 saturated carbocycles. The lowest BCUT2D eigenvalue weighted by atomic mass is 9.91. The molecule has 0 aromatic carbocycles. The molecule has 0 amide bonds. The molecule has 0 aliphatic rings. The van der Waals surface area contributed by atoms with Gasteiger partial charge in [0.15, 0.2) is 0 Å². The van der Waals surface area contributed by atoms with Crippen molar-refractivity contribution in [3.63, 3.8) is 0 Å². The van der Waals surface area contributed by atoms with Gasteiger partial charge in [-0.15, -0.1) is 0 Å². The number of hydrogen-bond acceptors (Lipinski definition) is 10. The van der Waals surface area contributed by atoms with Gasteiger partial charge in [0.05, 0.1) is 52.4 Å². The molecule has 1 unspecified atom stereocenters. The van der Waals surface area contributed by atoms with Gasteiger partial charge in [0.2, 0.25) is 0 Å². The molecule has 332 valence electrons. The Kier molecular flexibility index (Phi) is 19.5. The van der Waals surface area contributed by atoms with E-state index in [1.807, 2.05) is 0 Å². The van der Waals surface area contributed by atoms with E-state index in [0.717, 1.165) is 0 Å². The van der Waals surface area contributed by atoms with Crippen LogP contribution in [-0.2, 0) is 42.2 Å². The van der Waals surface area contributed by atoms with E-state index in [1.54, 1.807) is 0 Å². The van der Waals surface area contributed by atoms with E-state index < -0.39 is 103 Å². The van der Waals surface area contributed by atoms with Crippen LogP contribution in [0.1, 0.15) is 13.3 Å². The summed E-state index contributed by atoms with van der Waals surface area (Å²) in [4.78, 5) is 0. The molecule has 0 aliphatic carbocycles. The summed E-state index contributed by atoms with van der Waals surface area (Å²) in [7, 11) is -7.07. The standard InChI is InChI=1S/C25H38F17NO10SSi/c1-5-43(15-17(44)16-50-7-6-14-55(51-11-8-47-2,52-12-9-48-3)53-13-10-49-4)54(45,46)25(41,42)23(36,37)21(32,33)19(28,29)18(26,27)20(30,31)22(34,35)24(38,39)40/h17,44H,5-16H2,1-4H3. The van der Waals surface area contributed by atoms with Crippen molar-refractivity contribution < 1.29 is 120 Å². The molecule has 1 N–H and O–H groups in total. The van der Waals surface area contributed by atoms with E-state index in [2.05, 4.69) is 0 Å². The minimum absolute atomic E-state index is 0.0280. The second kappa shape index (κ2) is 20.1. The second-order valence-corrected chi connectivity index (χ2v) is 15.7. The molecule has 0 saturated heterocycles. The highest BCUT2D eigenvalue weighted by Gasteiger charge is 2.96. The average Bonchev–Trinajstić information content (AvgIpc) is 3.06. The zero-order valence-electron chi connectivity index (χ0n) is 29.0. The summed E-state index contributed by atoms with van der Waals surface area (Å²) in [5.41, 5.74) is 0. The van der Waals surface area contributed by atoms with Gasteiger partial charge in [-0.3, -0.25) is 0 Å². The highest BCUT2D eigenvalue weighted by molar-refractivity contribution is 7.90. The Hall–Kier alpha value is -1.38. The molecule has 0 fully saturated rings. The largest absolute Gasteiger partial charge is 0.501 e. The SMILES string of the molecule is CCN(CC(O)COCCC[Si](OCCOC)(OCCOC)OCCOC)S(=O)(=O)C(F)(F)C(F)(F)C(F)(F)C(F)(F)C(F)(F)C(F)(F)C(F)(F)C(F)(F)F. The van der Waals surface area contributed by atoms with Crippen molar-refractivity contribution in [2.24, 2.45) is 0 Å². The number of nitrogens with zero attached hydrogens (tertiary/aromatic N) is 1. The number of aliphatic hydroxyl groups excluding tert-OH is 1. The minimum Gasteiger partial charge on any atom is -0.389 e. The fraction of sp³-hybridized carbons (Fsp3) is 1.00. The monoisotopic (exact) mass is 895 g/mol. The number of alkyl halides is 17. The summed E-state index contributed by atoms with van der Waals surface area (Å²) in [5.74, 6) is -52.3. The first-order valence-electron chi connectivity index (χ1n) is 15.1. The molecule has 55 heavy (non-hydrogen) atoms. The molecular formula is C25H38F17NO10SSi. The number of hydrogen-bond donors (Lipinski definition) is 1. The fourth-order valence-corrected chi connectivity index (χ4v) is 7.88. The van der Waals surface area contributed by atoms with Gasteiger partial charge >= 0.3 is 55.8 Å². The van der Waals surface area contributed by atoms with Crippen molar-refractivity contribution in [1.82, 2.24) is 4.31 Å². The molecule has 0 aromatic heterocycles. The summed E-state index contributed by atoms with van der Waals surface area (Å²) in [6.45, 7) is -4.11. The normalized spacial score (nSPS) is 15.6. The Morgan fingerprint density at radius 3 is 1.29 bits per heavy atom. The summed E-state index contributed by atoms with van der Waals surface area (Å²) >= 11 is 0. The quantitative estimate of drug-likeness (QED) is 0.0602. The third-order valence-electron chi connectivity index (χ3n) is 7.03. The first-order valence-corrected chi connectivity index (χ1v) is 18.5. The molecule has 11 nitrogen and oxygen atoms in total. The van der Waals surface area contributed by atoms with Gasteiger partial charge in [-0.1, -0.05) is 6.92 Å². The topological polar surface area (TPSA) is 122 Å². The molecule has 0 spiro atoms. The molecule has 0 bridgehead atoms. The maximum absolute atomic E-state index is 14.7. The van der Waals surface area contributed by atoms with Crippen LogP contribution in [0.4, 0.5) is 74.6 Å². The van der Waals surface area contributed by atoms with Crippen molar-refractivity contribution in [1.29, 1.82) is 0 Å². The number of ether oxygens (including phenoxy) is 4. The van der Waals surface area contributed by atoms with Crippen molar-refractivity contribution in [2.45, 2.75) is 72.5 Å². The minimum atomic E-state index is -8.95. The van der Waals surface area contributed by atoms with Crippen LogP contribution in [0, 0.1) is 0 Å². The molecule has 1 atom stereocenters. The Morgan fingerprint density at radius 2 is 0.945 bits per heavy atom. The van der Waals surface area contributed by atoms with Crippen LogP contribution < -0.4 is 0 Å². The second-order valence-electron chi connectivity index (χ2n) is 11.0. The van der Waals surface area contributed by atoms with E-state index >= 15 is 0 Å². The Bertz CT molecular complexity index is 1240. The zero-order valence-corrected chi connectivity index (χ0v) is 30.8. The molecule has 0 heterocycles. The van der Waals surface area contributed by atoms with Crippen molar-refractivity contribution in [3.8, 4) is 0 Å². The van der Waals surface area contributed by atoms with Crippen LogP contribution in [0.2, 0.25) is 6.04 Å². The van der Waals surface area contributed by atoms with Crippen molar-refractivity contribution in [2.75, 3.05) is 87.3 Å². The van der Waals surface area contributed by atoms with Crippen LogP contribution >= 0.6 is 0 Å². The number of rotatable bonds is 29. The van der Waals surface area contributed by atoms with Crippen molar-refractivity contribution in [3.05, 3.63) is 0 Å². The van der Waals surface area contributed by atoms with Gasteiger partial charge in [-0.25, -0.2) is 8.42 Å². The van der Waals surface area contributed by atoms with Crippen LogP contribution in [0.5, 0.6) is 0 Å². The molecule has 0 aromatic rings. The molecule has 0 radical (unpaired) electrons. The number of sulfonamides is 1. The smallest absolute Gasteiger partial charge is 0.389 e. The maximum Gasteiger partial charge on any atom is 0.501 e. The van der Waals surface area contributed by atoms with Crippen molar-refractivity contribution >= 4 is 18.8 Å². The van der Waals surface area contributed by atoms with Gasteiger partial charge in [0.1, 0.15) is 0 Å². The first kappa shape index (κ1) is 53.6. The predicted octanol–water partition coefficient (Wildman–Crippen LogP) is 5.30. The van der Waals surface area contributed by atoms with E-state index in [-0.39, 0.29) is 52.1 Å². The Labute approximate surface area is 303 Å². The van der Waals surface area contributed by atoms with Gasteiger partial charge in [0.25, 0.3) is 10.0 Å². The molecule has 0 rings (SSSR count). The lowest BCUT2D eigenvalue weighted by Crippen LogP contribution is -2.75. The third kappa shape index (κ3) is 11.2. The summed E-state index contributed by atoms with van der Waals surface area (Å²) in [6.07, 6.45) is -10.3. The van der Waals surface area contributed by atoms with E-state index in [0.29, 0.717) is 6.92 Å². The van der Waals surface area contributed by atoms with Gasteiger partial charge in [0, 0.05) is 47.1 Å². The van der Waals surface area contributed by atoms with E-state index in [9.17, 15) is 88.2 Å². The van der Waals surface area contributed by atoms with Crippen LogP contribution in [0.25, 0.3) is 0 Å². The molecule has 0 aliphatic heterocycles. The summed E-state index contributed by atoms with van der Waals surface area (Å²) < 4.78 is 293. The van der Waals surface area contributed by atoms with Gasteiger partial charge in [-0.05, 0) is 6.42 Å².